The van der Waals surface area contributed by atoms with E-state index in [0.717, 1.165) is 12.8 Å². The van der Waals surface area contributed by atoms with E-state index in [-0.39, 0.29) is 5.97 Å². The minimum atomic E-state index is -0.392. The van der Waals surface area contributed by atoms with Crippen LogP contribution in [0.5, 0.6) is 0 Å². The van der Waals surface area contributed by atoms with Gasteiger partial charge >= 0.3 is 5.97 Å². The summed E-state index contributed by atoms with van der Waals surface area (Å²) in [6.07, 6.45) is 13.2. The quantitative estimate of drug-likeness (QED) is 0.246. The summed E-state index contributed by atoms with van der Waals surface area (Å²) < 4.78 is 5.03. The zero-order valence-electron chi connectivity index (χ0n) is 10.9. The molecule has 0 saturated carbocycles. The molecule has 0 fully saturated rings. The van der Waals surface area contributed by atoms with Gasteiger partial charge in [-0.25, -0.2) is 4.79 Å². The van der Waals surface area contributed by atoms with Gasteiger partial charge in [-0.1, -0.05) is 51.8 Å². The van der Waals surface area contributed by atoms with Crippen molar-refractivity contribution in [3.63, 3.8) is 0 Å². The maximum Gasteiger partial charge on any atom is 0.331 e. The van der Waals surface area contributed by atoms with Crippen molar-refractivity contribution < 1.29 is 9.53 Å². The summed E-state index contributed by atoms with van der Waals surface area (Å²) in [7, 11) is 0. The number of allylic oxidation sites excluding steroid dienone is 1. The third-order valence-corrected chi connectivity index (χ3v) is 2.45. The van der Waals surface area contributed by atoms with Crippen LogP contribution in [0.2, 0.25) is 0 Å². The summed E-state index contributed by atoms with van der Waals surface area (Å²) in [6, 6.07) is 0. The monoisotopic (exact) mass is 236 g/mol. The Morgan fingerprint density at radius 2 is 1.82 bits per heavy atom. The molecule has 0 amide bonds. The van der Waals surface area contributed by atoms with Crippen molar-refractivity contribution in [2.75, 3.05) is 0 Å². The summed E-state index contributed by atoms with van der Waals surface area (Å²) in [5.74, 6) is -0.330. The second kappa shape index (κ2) is 11.2. The molecular weight excluding hydrogens is 212 g/mol. The first-order valence-electron chi connectivity index (χ1n) is 6.36. The maximum atomic E-state index is 11.3. The van der Waals surface area contributed by atoms with Crippen LogP contribution < -0.4 is 0 Å². The molecule has 0 aliphatic rings. The van der Waals surface area contributed by atoms with Gasteiger partial charge in [0.1, 0.15) is 6.10 Å². The molecule has 0 spiro atoms. The van der Waals surface area contributed by atoms with Gasteiger partial charge < -0.3 is 4.74 Å². The number of carbonyl (C=O) groups excluding carboxylic acids is 1. The summed E-state index contributed by atoms with van der Waals surface area (Å²) in [4.78, 5) is 11.3. The fourth-order valence-electron chi connectivity index (χ4n) is 1.41. The van der Waals surface area contributed by atoms with Crippen LogP contribution in [0.15, 0.2) is 37.5 Å². The van der Waals surface area contributed by atoms with Crippen LogP contribution in [0.3, 0.4) is 0 Å². The third-order valence-electron chi connectivity index (χ3n) is 2.45. The van der Waals surface area contributed by atoms with Crippen LogP contribution in [-0.4, -0.2) is 12.1 Å². The van der Waals surface area contributed by atoms with Crippen molar-refractivity contribution in [2.45, 2.75) is 51.6 Å². The largest absolute Gasteiger partial charge is 0.451 e. The zero-order chi connectivity index (χ0) is 12.9. The standard InChI is InChI=1S/C15H24O2/c1-4-7-8-9-10-11-12-13-15(16)17-14(5-2)6-3/h5-6,12-14H,2-4,7-11H2,1H3/b13-12+. The molecule has 0 heterocycles. The van der Waals surface area contributed by atoms with E-state index < -0.39 is 6.10 Å². The number of hydrogen-bond donors (Lipinski definition) is 0. The minimum Gasteiger partial charge on any atom is -0.451 e. The lowest BCUT2D eigenvalue weighted by molar-refractivity contribution is -0.139. The van der Waals surface area contributed by atoms with Gasteiger partial charge in [0, 0.05) is 6.08 Å². The second-order valence-electron chi connectivity index (χ2n) is 3.98. The summed E-state index contributed by atoms with van der Waals surface area (Å²) in [6.45, 7) is 9.30. The Kier molecular flexibility index (Phi) is 10.3. The Labute approximate surface area is 105 Å². The molecule has 2 nitrogen and oxygen atoms in total. The third kappa shape index (κ3) is 9.61. The molecule has 0 aromatic carbocycles. The van der Waals surface area contributed by atoms with Gasteiger partial charge in [0.05, 0.1) is 0 Å². The molecule has 0 aliphatic carbocycles. The highest BCUT2D eigenvalue weighted by atomic mass is 16.5. The van der Waals surface area contributed by atoms with Crippen molar-refractivity contribution in [3.8, 4) is 0 Å². The van der Waals surface area contributed by atoms with E-state index in [4.69, 9.17) is 4.74 Å². The van der Waals surface area contributed by atoms with Crippen LogP contribution >= 0.6 is 0 Å². The SMILES string of the molecule is C=CC(C=C)OC(=O)/C=C/CCCCCCC. The lowest BCUT2D eigenvalue weighted by Gasteiger charge is -2.06. The number of hydrogen-bond acceptors (Lipinski definition) is 2. The predicted molar refractivity (Wildman–Crippen MR) is 72.8 cm³/mol. The molecule has 0 unspecified atom stereocenters. The first kappa shape index (κ1) is 15.7. The van der Waals surface area contributed by atoms with Crippen LogP contribution in [0, 0.1) is 0 Å². The molecule has 0 N–H and O–H groups in total. The van der Waals surface area contributed by atoms with E-state index >= 15 is 0 Å². The molecule has 96 valence electrons. The Morgan fingerprint density at radius 1 is 1.18 bits per heavy atom. The molecule has 0 aromatic rings. The molecule has 0 atom stereocenters. The molecule has 0 aliphatic heterocycles. The van der Waals surface area contributed by atoms with E-state index in [0.29, 0.717) is 0 Å². The Hall–Kier alpha value is -1.31. The van der Waals surface area contributed by atoms with Crippen LogP contribution in [0.25, 0.3) is 0 Å². The number of rotatable bonds is 10. The highest BCUT2D eigenvalue weighted by Gasteiger charge is 2.02. The van der Waals surface area contributed by atoms with E-state index in [9.17, 15) is 4.79 Å². The van der Waals surface area contributed by atoms with Gasteiger partial charge in [0.15, 0.2) is 0 Å². The first-order valence-corrected chi connectivity index (χ1v) is 6.36. The lowest BCUT2D eigenvalue weighted by Crippen LogP contribution is -2.10. The van der Waals surface area contributed by atoms with Gasteiger partial charge in [-0.15, -0.1) is 0 Å². The molecular formula is C15H24O2. The lowest BCUT2D eigenvalue weighted by atomic mass is 10.1. The average molecular weight is 236 g/mol. The summed E-state index contributed by atoms with van der Waals surface area (Å²) >= 11 is 0. The molecule has 0 rings (SSSR count). The normalized spacial score (nSPS) is 10.7. The van der Waals surface area contributed by atoms with Gasteiger partial charge in [0.2, 0.25) is 0 Å². The van der Waals surface area contributed by atoms with Gasteiger partial charge in [0.25, 0.3) is 0 Å². The van der Waals surface area contributed by atoms with Crippen molar-refractivity contribution >= 4 is 5.97 Å². The number of esters is 1. The second-order valence-corrected chi connectivity index (χ2v) is 3.98. The van der Waals surface area contributed by atoms with Crippen LogP contribution in [0.4, 0.5) is 0 Å². The molecule has 2 heteroatoms. The van der Waals surface area contributed by atoms with Crippen LogP contribution in [-0.2, 0) is 9.53 Å². The van der Waals surface area contributed by atoms with Gasteiger partial charge in [-0.3, -0.25) is 0 Å². The summed E-state index contributed by atoms with van der Waals surface area (Å²) in [5.41, 5.74) is 0. The average Bonchev–Trinajstić information content (AvgIpc) is 2.34. The van der Waals surface area contributed by atoms with Crippen molar-refractivity contribution in [1.29, 1.82) is 0 Å². The number of ether oxygens (including phenoxy) is 1. The number of unbranched alkanes of at least 4 members (excludes halogenated alkanes) is 5. The van der Waals surface area contributed by atoms with E-state index in [1.807, 2.05) is 6.08 Å². The smallest absolute Gasteiger partial charge is 0.331 e. The molecule has 0 radical (unpaired) electrons. The Balaban J connectivity index is 3.59. The van der Waals surface area contributed by atoms with E-state index in [1.54, 1.807) is 12.2 Å². The van der Waals surface area contributed by atoms with Crippen LogP contribution in [0.1, 0.15) is 45.4 Å². The molecule has 0 saturated heterocycles. The fraction of sp³-hybridized carbons (Fsp3) is 0.533. The predicted octanol–water partition coefficient (Wildman–Crippen LogP) is 4.19. The first-order chi connectivity index (χ1) is 8.24. The molecule has 17 heavy (non-hydrogen) atoms. The maximum absolute atomic E-state index is 11.3. The van der Waals surface area contributed by atoms with E-state index in [2.05, 4.69) is 20.1 Å². The highest BCUT2D eigenvalue weighted by molar-refractivity contribution is 5.82. The molecule has 0 aromatic heterocycles. The fourth-order valence-corrected chi connectivity index (χ4v) is 1.41. The van der Waals surface area contributed by atoms with Crippen molar-refractivity contribution in [2.24, 2.45) is 0 Å². The molecule has 0 bridgehead atoms. The van der Waals surface area contributed by atoms with Gasteiger partial charge in [-0.05, 0) is 25.0 Å². The summed E-state index contributed by atoms with van der Waals surface area (Å²) in [5, 5.41) is 0. The van der Waals surface area contributed by atoms with E-state index in [1.165, 1.54) is 31.8 Å². The topological polar surface area (TPSA) is 26.3 Å². The zero-order valence-corrected chi connectivity index (χ0v) is 10.9. The van der Waals surface area contributed by atoms with Gasteiger partial charge in [-0.2, -0.15) is 0 Å². The minimum absolute atomic E-state index is 0.330. The van der Waals surface area contributed by atoms with Crippen molar-refractivity contribution in [3.05, 3.63) is 37.5 Å². The Bertz CT molecular complexity index is 246. The number of carbonyl (C=O) groups is 1. The Morgan fingerprint density at radius 3 is 2.41 bits per heavy atom. The highest BCUT2D eigenvalue weighted by Crippen LogP contribution is 2.05. The van der Waals surface area contributed by atoms with Crippen molar-refractivity contribution in [1.82, 2.24) is 0 Å².